The van der Waals surface area contributed by atoms with Crippen molar-refractivity contribution in [2.45, 2.75) is 19.3 Å². The van der Waals surface area contributed by atoms with Crippen LogP contribution in [0.2, 0.25) is 0 Å². The molecule has 3 aliphatic rings. The molecular weight excluding hydrogens is 667 g/mol. The van der Waals surface area contributed by atoms with Crippen molar-refractivity contribution in [2.75, 3.05) is 4.81 Å². The van der Waals surface area contributed by atoms with Crippen LogP contribution in [0.15, 0.2) is 168 Å². The van der Waals surface area contributed by atoms with Crippen LogP contribution in [0.5, 0.6) is 0 Å². The highest BCUT2D eigenvalue weighted by molar-refractivity contribution is 6.93. The smallest absolute Gasteiger partial charge is 0.333 e. The first-order valence-corrected chi connectivity index (χ1v) is 19.3. The van der Waals surface area contributed by atoms with Gasteiger partial charge in [0, 0.05) is 38.8 Å². The molecule has 0 spiro atoms. The fourth-order valence-corrected chi connectivity index (χ4v) is 10.5. The molecule has 0 amide bonds. The average molecular weight is 701 g/mol. The number of anilines is 2. The molecule has 0 bridgehead atoms. The van der Waals surface area contributed by atoms with Gasteiger partial charge in [-0.3, -0.25) is 4.57 Å². The first-order chi connectivity index (χ1) is 27.1. The van der Waals surface area contributed by atoms with Gasteiger partial charge in [-0.2, -0.15) is 0 Å². The van der Waals surface area contributed by atoms with Gasteiger partial charge in [0.1, 0.15) is 5.58 Å². The lowest BCUT2D eigenvalue weighted by Gasteiger charge is -2.43. The lowest BCUT2D eigenvalue weighted by molar-refractivity contribution is 0.643. The Morgan fingerprint density at radius 3 is 2.11 bits per heavy atom. The van der Waals surface area contributed by atoms with Crippen LogP contribution in [0.1, 0.15) is 25.0 Å². The highest BCUT2D eigenvalue weighted by Crippen LogP contribution is 2.56. The lowest BCUT2D eigenvalue weighted by Crippen LogP contribution is -2.60. The van der Waals surface area contributed by atoms with E-state index in [0.29, 0.717) is 0 Å². The predicted molar refractivity (Wildman–Crippen MR) is 230 cm³/mol. The molecule has 0 N–H and O–H groups in total. The Labute approximate surface area is 318 Å². The maximum atomic E-state index is 6.91. The molecule has 0 saturated carbocycles. The predicted octanol–water partition coefficient (Wildman–Crippen LogP) is 11.9. The molecule has 0 radical (unpaired) electrons. The second kappa shape index (κ2) is 10.2. The van der Waals surface area contributed by atoms with Gasteiger partial charge in [-0.1, -0.05) is 141 Å². The Kier molecular flexibility index (Phi) is 5.53. The van der Waals surface area contributed by atoms with Gasteiger partial charge in [0.2, 0.25) is 5.71 Å². The van der Waals surface area contributed by atoms with Gasteiger partial charge in [-0.15, -0.1) is 0 Å². The summed E-state index contributed by atoms with van der Waals surface area (Å²) in [5, 5.41) is 6.06. The van der Waals surface area contributed by atoms with Crippen LogP contribution in [0.25, 0.3) is 82.8 Å². The van der Waals surface area contributed by atoms with E-state index >= 15 is 0 Å². The molecule has 8 aromatic carbocycles. The monoisotopic (exact) mass is 700 g/mol. The van der Waals surface area contributed by atoms with Gasteiger partial charge >= 0.3 is 6.85 Å². The molecule has 1 aliphatic carbocycles. The van der Waals surface area contributed by atoms with Crippen molar-refractivity contribution < 1.29 is 4.42 Å². The number of fused-ring (bicyclic) bond motifs is 14. The molecule has 4 heteroatoms. The van der Waals surface area contributed by atoms with Gasteiger partial charge in [-0.25, -0.2) is 0 Å². The molecule has 0 atom stereocenters. The van der Waals surface area contributed by atoms with Crippen LogP contribution in [0, 0.1) is 0 Å². The molecule has 256 valence electrons. The maximum Gasteiger partial charge on any atom is 0.333 e. The maximum absolute atomic E-state index is 6.91. The summed E-state index contributed by atoms with van der Waals surface area (Å²) >= 11 is 0. The number of para-hydroxylation sites is 2. The molecule has 55 heavy (non-hydrogen) atoms. The van der Waals surface area contributed by atoms with Gasteiger partial charge in [-0.05, 0) is 97.0 Å². The summed E-state index contributed by atoms with van der Waals surface area (Å²) in [6.07, 6.45) is 0. The van der Waals surface area contributed by atoms with E-state index in [4.69, 9.17) is 4.42 Å². The molecule has 0 unspecified atom stereocenters. The van der Waals surface area contributed by atoms with E-state index < -0.39 is 0 Å². The molecule has 4 heterocycles. The topological polar surface area (TPSA) is 21.3 Å². The van der Waals surface area contributed by atoms with Gasteiger partial charge in [0.15, 0.2) is 0 Å². The normalized spacial score (nSPS) is 14.4. The minimum atomic E-state index is -0.190. The van der Waals surface area contributed by atoms with Crippen LogP contribution >= 0.6 is 0 Å². The van der Waals surface area contributed by atoms with Crippen molar-refractivity contribution in [2.24, 2.45) is 0 Å². The molecule has 13 rings (SSSR count). The van der Waals surface area contributed by atoms with Gasteiger partial charge in [0.05, 0.1) is 10.9 Å². The van der Waals surface area contributed by atoms with E-state index in [0.717, 1.165) is 16.7 Å². The zero-order chi connectivity index (χ0) is 36.2. The SMILES string of the molecule is CC1(C)c2ccccc2-c2c1cc1c3c2-c2cc4ccccc4cc2N(c2ccc(-c4ccccc4)cc2)B3c2cccc3c4c5ccccc5oc4n-1c23. The summed E-state index contributed by atoms with van der Waals surface area (Å²) in [6, 6.07) is 60.7. The Morgan fingerprint density at radius 2 is 1.25 bits per heavy atom. The van der Waals surface area contributed by atoms with Crippen molar-refractivity contribution in [3.05, 3.63) is 175 Å². The zero-order valence-corrected chi connectivity index (χ0v) is 30.5. The molecule has 0 saturated heterocycles. The van der Waals surface area contributed by atoms with E-state index in [1.54, 1.807) is 0 Å². The van der Waals surface area contributed by atoms with E-state index in [2.05, 4.69) is 187 Å². The summed E-state index contributed by atoms with van der Waals surface area (Å²) in [4.78, 5) is 2.63. The number of nitrogens with zero attached hydrogens (tertiary/aromatic N) is 2. The first kappa shape index (κ1) is 29.7. The number of benzene rings is 8. The third kappa shape index (κ3) is 3.67. The fourth-order valence-electron chi connectivity index (χ4n) is 10.5. The molecular formula is C51H33BN2O. The third-order valence-corrected chi connectivity index (χ3v) is 12.9. The molecule has 2 aliphatic heterocycles. The highest BCUT2D eigenvalue weighted by Gasteiger charge is 2.48. The van der Waals surface area contributed by atoms with Crippen LogP contribution < -0.4 is 15.7 Å². The van der Waals surface area contributed by atoms with Gasteiger partial charge in [0.25, 0.3) is 0 Å². The Hall–Kier alpha value is -6.78. The van der Waals surface area contributed by atoms with E-state index in [9.17, 15) is 0 Å². The largest absolute Gasteiger partial charge is 0.439 e. The Morgan fingerprint density at radius 1 is 0.545 bits per heavy atom. The fraction of sp³-hybridized carbons (Fsp3) is 0.0588. The van der Waals surface area contributed by atoms with E-state index in [-0.39, 0.29) is 12.3 Å². The molecule has 2 aromatic heterocycles. The summed E-state index contributed by atoms with van der Waals surface area (Å²) in [7, 11) is 0. The van der Waals surface area contributed by atoms with Crippen LogP contribution in [-0.2, 0) is 5.41 Å². The number of rotatable bonds is 2. The van der Waals surface area contributed by atoms with Crippen molar-refractivity contribution in [1.82, 2.24) is 4.57 Å². The quantitative estimate of drug-likeness (QED) is 0.167. The lowest BCUT2D eigenvalue weighted by atomic mass is 9.43. The van der Waals surface area contributed by atoms with E-state index in [1.807, 2.05) is 0 Å². The second-order valence-corrected chi connectivity index (χ2v) is 16.0. The van der Waals surface area contributed by atoms with Gasteiger partial charge < -0.3 is 9.23 Å². The number of furan rings is 1. The Balaban J connectivity index is 1.22. The second-order valence-electron chi connectivity index (χ2n) is 16.0. The van der Waals surface area contributed by atoms with E-state index in [1.165, 1.54) is 99.6 Å². The summed E-state index contributed by atoms with van der Waals surface area (Å²) in [5.74, 6) is 0. The van der Waals surface area contributed by atoms with Crippen LogP contribution in [-0.4, -0.2) is 11.4 Å². The van der Waals surface area contributed by atoms with Crippen LogP contribution in [0.4, 0.5) is 11.4 Å². The minimum absolute atomic E-state index is 0.0797. The summed E-state index contributed by atoms with van der Waals surface area (Å²) in [5.41, 5.74) is 19.6. The summed E-state index contributed by atoms with van der Waals surface area (Å²) < 4.78 is 9.38. The average Bonchev–Trinajstić information content (AvgIpc) is 3.84. The molecule has 10 aromatic rings. The molecule has 3 nitrogen and oxygen atoms in total. The first-order valence-electron chi connectivity index (χ1n) is 19.3. The van der Waals surface area contributed by atoms with Crippen molar-refractivity contribution in [3.63, 3.8) is 0 Å². The number of hydrogen-bond donors (Lipinski definition) is 0. The number of hydrogen-bond acceptors (Lipinski definition) is 2. The standard InChI is InChI=1S/C51H33BN2O/c1-51(2)39-20-10-8-17-35(39)46-40(51)29-43-48-47(46)38-27-32-15-6-7-16-33(32)28-42(38)54(34-25-23-31(24-26-34)30-13-4-3-5-14-30)52(48)41-21-12-19-37-45-36-18-9-11-22-44(36)55-50(45)53(43)49(37)41/h3-29H,1-2H3. The third-order valence-electron chi connectivity index (χ3n) is 12.9. The zero-order valence-electron chi connectivity index (χ0n) is 30.5. The van der Waals surface area contributed by atoms with Crippen LogP contribution in [0.3, 0.4) is 0 Å². The minimum Gasteiger partial charge on any atom is -0.439 e. The van der Waals surface area contributed by atoms with Crippen molar-refractivity contribution in [3.8, 4) is 39.1 Å². The van der Waals surface area contributed by atoms with Crippen molar-refractivity contribution in [1.29, 1.82) is 0 Å². The molecule has 0 fully saturated rings. The Bertz CT molecular complexity index is 3300. The highest BCUT2D eigenvalue weighted by atomic mass is 16.3. The number of aromatic nitrogens is 1. The summed E-state index contributed by atoms with van der Waals surface area (Å²) in [6.45, 7) is 4.72. The van der Waals surface area contributed by atoms with Crippen molar-refractivity contribution >= 4 is 72.9 Å².